The highest BCUT2D eigenvalue weighted by atomic mass is 16.5. The van der Waals surface area contributed by atoms with Crippen LogP contribution >= 0.6 is 0 Å². The van der Waals surface area contributed by atoms with E-state index >= 15 is 0 Å². The number of anilines is 3. The van der Waals surface area contributed by atoms with Gasteiger partial charge in [0, 0.05) is 25.0 Å². The molecule has 2 atom stereocenters. The van der Waals surface area contributed by atoms with E-state index in [0.29, 0.717) is 17.1 Å². The number of benzene rings is 2. The van der Waals surface area contributed by atoms with Crippen molar-refractivity contribution >= 4 is 23.1 Å². The second kappa shape index (κ2) is 10.4. The van der Waals surface area contributed by atoms with Crippen LogP contribution in [0.4, 0.5) is 17.2 Å². The first kappa shape index (κ1) is 22.1. The first-order chi connectivity index (χ1) is 15.0. The summed E-state index contributed by atoms with van der Waals surface area (Å²) in [6, 6.07) is 17.6. The van der Waals surface area contributed by atoms with Crippen LogP contribution in [-0.2, 0) is 0 Å². The third-order valence-corrected chi connectivity index (χ3v) is 4.78. The van der Waals surface area contributed by atoms with Crippen LogP contribution in [0, 0.1) is 0 Å². The molecule has 8 heteroatoms. The van der Waals surface area contributed by atoms with E-state index in [2.05, 4.69) is 20.9 Å². The number of nitrogens with one attached hydrogen (secondary N) is 3. The number of hydrogen-bond donors (Lipinski definition) is 5. The summed E-state index contributed by atoms with van der Waals surface area (Å²) in [4.78, 5) is 16.7. The molecule has 8 nitrogen and oxygen atoms in total. The van der Waals surface area contributed by atoms with E-state index in [-0.39, 0.29) is 5.91 Å². The van der Waals surface area contributed by atoms with Crippen molar-refractivity contribution in [3.05, 3.63) is 78.0 Å². The Balaban J connectivity index is 1.94. The molecule has 2 aromatic carbocycles. The Morgan fingerprint density at radius 1 is 1.13 bits per heavy atom. The molecule has 0 unspecified atom stereocenters. The molecule has 0 radical (unpaired) electrons. The number of methoxy groups -OCH3 is 1. The van der Waals surface area contributed by atoms with Gasteiger partial charge in [-0.25, -0.2) is 4.98 Å². The van der Waals surface area contributed by atoms with Gasteiger partial charge < -0.3 is 30.9 Å². The molecule has 3 rings (SSSR count). The number of aliphatic hydroxyl groups excluding tert-OH is 2. The van der Waals surface area contributed by atoms with Crippen molar-refractivity contribution in [2.45, 2.75) is 12.1 Å². The maximum absolute atomic E-state index is 12.4. The van der Waals surface area contributed by atoms with Crippen LogP contribution in [-0.4, -0.2) is 48.0 Å². The van der Waals surface area contributed by atoms with Crippen molar-refractivity contribution in [3.63, 3.8) is 0 Å². The van der Waals surface area contributed by atoms with Crippen molar-refractivity contribution in [2.75, 3.05) is 31.4 Å². The lowest BCUT2D eigenvalue weighted by Gasteiger charge is -2.25. The maximum atomic E-state index is 12.4. The Labute approximate surface area is 180 Å². The van der Waals surface area contributed by atoms with Gasteiger partial charge in [0.1, 0.15) is 17.7 Å². The average molecular weight is 422 g/mol. The SMILES string of the molecule is CNC(=O)c1cnc(Nc2ccc(OC)cc2)cc1N[C@@H](c1ccccc1)[C@H](O)CO. The summed E-state index contributed by atoms with van der Waals surface area (Å²) in [6.45, 7) is -0.441. The summed E-state index contributed by atoms with van der Waals surface area (Å²) in [5.41, 5.74) is 2.34. The van der Waals surface area contributed by atoms with Crippen molar-refractivity contribution in [3.8, 4) is 5.75 Å². The quantitative estimate of drug-likeness (QED) is 0.360. The zero-order valence-corrected chi connectivity index (χ0v) is 17.4. The second-order valence-electron chi connectivity index (χ2n) is 6.83. The zero-order chi connectivity index (χ0) is 22.2. The van der Waals surface area contributed by atoms with Crippen molar-refractivity contribution in [1.82, 2.24) is 10.3 Å². The molecule has 31 heavy (non-hydrogen) atoms. The number of pyridine rings is 1. The summed E-state index contributed by atoms with van der Waals surface area (Å²) in [5.74, 6) is 0.918. The highest BCUT2D eigenvalue weighted by molar-refractivity contribution is 5.99. The van der Waals surface area contributed by atoms with Gasteiger partial charge in [0.2, 0.25) is 0 Å². The van der Waals surface area contributed by atoms with Crippen LogP contribution in [0.15, 0.2) is 66.9 Å². The van der Waals surface area contributed by atoms with Crippen LogP contribution in [0.2, 0.25) is 0 Å². The number of ether oxygens (including phenoxy) is 1. The molecule has 1 aromatic heterocycles. The molecule has 0 aliphatic rings. The van der Waals surface area contributed by atoms with E-state index in [1.54, 1.807) is 13.2 Å². The van der Waals surface area contributed by atoms with Gasteiger partial charge in [0.25, 0.3) is 5.91 Å². The van der Waals surface area contributed by atoms with Crippen molar-refractivity contribution in [2.24, 2.45) is 0 Å². The minimum atomic E-state index is -1.08. The van der Waals surface area contributed by atoms with Crippen molar-refractivity contribution in [1.29, 1.82) is 0 Å². The molecule has 1 heterocycles. The Morgan fingerprint density at radius 2 is 1.84 bits per heavy atom. The van der Waals surface area contributed by atoms with Crippen LogP contribution in [0.3, 0.4) is 0 Å². The molecule has 162 valence electrons. The molecule has 0 aliphatic heterocycles. The van der Waals surface area contributed by atoms with Gasteiger partial charge in [0.05, 0.1) is 31.0 Å². The average Bonchev–Trinajstić information content (AvgIpc) is 2.82. The fraction of sp³-hybridized carbons (Fsp3) is 0.217. The van der Waals surface area contributed by atoms with E-state index in [0.717, 1.165) is 17.0 Å². The number of rotatable bonds is 9. The molecular formula is C23H26N4O4. The molecular weight excluding hydrogens is 396 g/mol. The van der Waals surface area contributed by atoms with Gasteiger partial charge >= 0.3 is 0 Å². The van der Waals surface area contributed by atoms with Crippen LogP contribution < -0.4 is 20.7 Å². The third-order valence-electron chi connectivity index (χ3n) is 4.78. The van der Waals surface area contributed by atoms with Crippen LogP contribution in [0.25, 0.3) is 0 Å². The van der Waals surface area contributed by atoms with E-state index in [9.17, 15) is 15.0 Å². The third kappa shape index (κ3) is 5.50. The number of nitrogens with zero attached hydrogens (tertiary/aromatic N) is 1. The Hall–Kier alpha value is -3.62. The van der Waals surface area contributed by atoms with Crippen LogP contribution in [0.5, 0.6) is 5.75 Å². The van der Waals surface area contributed by atoms with E-state index in [4.69, 9.17) is 4.74 Å². The van der Waals surface area contributed by atoms with E-state index in [1.165, 1.54) is 13.2 Å². The van der Waals surface area contributed by atoms with Crippen molar-refractivity contribution < 1.29 is 19.7 Å². The number of amides is 1. The fourth-order valence-corrected chi connectivity index (χ4v) is 3.12. The molecule has 0 saturated heterocycles. The van der Waals surface area contributed by atoms with Gasteiger partial charge in [-0.05, 0) is 29.8 Å². The standard InChI is InChI=1S/C23H26N4O4/c1-24-23(30)18-13-25-21(26-16-8-10-17(31-2)11-9-16)12-19(18)27-22(20(29)14-28)15-6-4-3-5-7-15/h3-13,20,22,28-29H,14H2,1-2H3,(H,24,30)(H2,25,26,27)/t20-,22+/m1/s1. The van der Waals surface area contributed by atoms with Gasteiger partial charge in [-0.2, -0.15) is 0 Å². The maximum Gasteiger partial charge on any atom is 0.254 e. The van der Waals surface area contributed by atoms with Gasteiger partial charge in [-0.15, -0.1) is 0 Å². The molecule has 0 aliphatic carbocycles. The Kier molecular flexibility index (Phi) is 7.42. The molecule has 1 amide bonds. The molecule has 0 fully saturated rings. The zero-order valence-electron chi connectivity index (χ0n) is 17.4. The fourth-order valence-electron chi connectivity index (χ4n) is 3.12. The van der Waals surface area contributed by atoms with Gasteiger partial charge in [-0.3, -0.25) is 4.79 Å². The number of hydrogen-bond acceptors (Lipinski definition) is 7. The molecule has 3 aromatic rings. The summed E-state index contributed by atoms with van der Waals surface area (Å²) < 4.78 is 5.17. The monoisotopic (exact) mass is 422 g/mol. The Bertz CT molecular complexity index is 996. The number of carbonyl (C=O) groups is 1. The highest BCUT2D eigenvalue weighted by Crippen LogP contribution is 2.28. The highest BCUT2D eigenvalue weighted by Gasteiger charge is 2.23. The first-order valence-electron chi connectivity index (χ1n) is 9.79. The summed E-state index contributed by atoms with van der Waals surface area (Å²) >= 11 is 0. The minimum Gasteiger partial charge on any atom is -0.497 e. The van der Waals surface area contributed by atoms with Crippen LogP contribution in [0.1, 0.15) is 22.0 Å². The lowest BCUT2D eigenvalue weighted by atomic mass is 10.0. The number of carbonyl (C=O) groups excluding carboxylic acids is 1. The summed E-state index contributed by atoms with van der Waals surface area (Å²) in [6.07, 6.45) is 0.381. The van der Waals surface area contributed by atoms with Gasteiger partial charge in [-0.1, -0.05) is 30.3 Å². The second-order valence-corrected chi connectivity index (χ2v) is 6.83. The predicted octanol–water partition coefficient (Wildman–Crippen LogP) is 2.70. The van der Waals surface area contributed by atoms with E-state index < -0.39 is 18.8 Å². The summed E-state index contributed by atoms with van der Waals surface area (Å²) in [5, 5.41) is 29.0. The molecule has 0 saturated carbocycles. The molecule has 0 bridgehead atoms. The number of aromatic nitrogens is 1. The largest absolute Gasteiger partial charge is 0.497 e. The predicted molar refractivity (Wildman–Crippen MR) is 120 cm³/mol. The summed E-state index contributed by atoms with van der Waals surface area (Å²) in [7, 11) is 3.14. The minimum absolute atomic E-state index is 0.314. The topological polar surface area (TPSA) is 116 Å². The van der Waals surface area contributed by atoms with Gasteiger partial charge in [0.15, 0.2) is 0 Å². The first-order valence-corrected chi connectivity index (χ1v) is 9.79. The molecule has 0 spiro atoms. The smallest absolute Gasteiger partial charge is 0.254 e. The molecule has 5 N–H and O–H groups in total. The normalized spacial score (nSPS) is 12.5. The Morgan fingerprint density at radius 3 is 2.45 bits per heavy atom. The lowest BCUT2D eigenvalue weighted by molar-refractivity contribution is 0.0793. The van der Waals surface area contributed by atoms with E-state index in [1.807, 2.05) is 54.6 Å². The lowest BCUT2D eigenvalue weighted by Crippen LogP contribution is -2.30. The number of aliphatic hydroxyl groups is 2.